The van der Waals surface area contributed by atoms with Gasteiger partial charge in [-0.15, -0.1) is 0 Å². The van der Waals surface area contributed by atoms with Crippen molar-refractivity contribution >= 4 is 11.8 Å². The van der Waals surface area contributed by atoms with Gasteiger partial charge in [0.05, 0.1) is 24.4 Å². The molecule has 2 atom stereocenters. The maximum absolute atomic E-state index is 10.1. The highest BCUT2D eigenvalue weighted by Gasteiger charge is 2.25. The lowest BCUT2D eigenvalue weighted by atomic mass is 9.92. The first kappa shape index (κ1) is 16.9. The van der Waals surface area contributed by atoms with E-state index in [2.05, 4.69) is 26.7 Å². The predicted molar refractivity (Wildman–Crippen MR) is 90.5 cm³/mol. The van der Waals surface area contributed by atoms with Gasteiger partial charge in [0.15, 0.2) is 0 Å². The lowest BCUT2D eigenvalue weighted by Crippen LogP contribution is -2.37. The Balaban J connectivity index is 1.69. The molecule has 0 aromatic carbocycles. The zero-order valence-electron chi connectivity index (χ0n) is 13.8. The summed E-state index contributed by atoms with van der Waals surface area (Å²) >= 11 is 0. The molecular weight excluding hydrogens is 306 g/mol. The zero-order valence-corrected chi connectivity index (χ0v) is 13.8. The largest absolute Gasteiger partial charge is 0.393 e. The molecule has 0 saturated heterocycles. The maximum atomic E-state index is 10.1. The number of nitrogens with zero attached hydrogens (tertiary/aromatic N) is 3. The van der Waals surface area contributed by atoms with Crippen LogP contribution in [0.4, 0.5) is 11.8 Å². The monoisotopic (exact) mass is 331 g/mol. The molecule has 7 nitrogen and oxygen atoms in total. The van der Waals surface area contributed by atoms with Crippen LogP contribution >= 0.6 is 0 Å². The summed E-state index contributed by atoms with van der Waals surface area (Å²) in [5.74, 6) is 0.972. The van der Waals surface area contributed by atoms with Gasteiger partial charge in [-0.2, -0.15) is 10.2 Å². The maximum Gasteiger partial charge on any atom is 0.224 e. The second-order valence-corrected chi connectivity index (χ2v) is 6.82. The molecule has 2 saturated carbocycles. The van der Waals surface area contributed by atoms with Crippen LogP contribution in [-0.4, -0.2) is 44.5 Å². The summed E-state index contributed by atoms with van der Waals surface area (Å²) in [5, 5.41) is 35.5. The number of hydrogen-bond donors (Lipinski definition) is 4. The highest BCUT2D eigenvalue weighted by molar-refractivity contribution is 5.54. The summed E-state index contributed by atoms with van der Waals surface area (Å²) in [4.78, 5) is 8.68. The van der Waals surface area contributed by atoms with Gasteiger partial charge in [0.1, 0.15) is 17.5 Å². The van der Waals surface area contributed by atoms with Gasteiger partial charge in [0, 0.05) is 6.04 Å². The Morgan fingerprint density at radius 2 is 1.79 bits per heavy atom. The van der Waals surface area contributed by atoms with Gasteiger partial charge in [-0.25, -0.2) is 4.98 Å². The molecule has 130 valence electrons. The minimum atomic E-state index is -0.406. The molecule has 4 N–H and O–H groups in total. The Kier molecular flexibility index (Phi) is 5.48. The fourth-order valence-electron chi connectivity index (χ4n) is 3.50. The van der Waals surface area contributed by atoms with Crippen LogP contribution in [0.5, 0.6) is 0 Å². The molecule has 2 aliphatic rings. The first-order valence-corrected chi connectivity index (χ1v) is 8.82. The number of aromatic nitrogens is 2. The molecule has 0 unspecified atom stereocenters. The lowest BCUT2D eigenvalue weighted by molar-refractivity contribution is 0.116. The second-order valence-electron chi connectivity index (χ2n) is 6.82. The molecular formula is C17H25N5O2. The van der Waals surface area contributed by atoms with Gasteiger partial charge in [-0.05, 0) is 38.5 Å². The van der Waals surface area contributed by atoms with E-state index in [0.29, 0.717) is 17.3 Å². The van der Waals surface area contributed by atoms with Crippen LogP contribution in [-0.2, 0) is 0 Å². The fraction of sp³-hybridized carbons (Fsp3) is 0.706. The normalized spacial score (nSPS) is 30.4. The minimum Gasteiger partial charge on any atom is -0.393 e. The van der Waals surface area contributed by atoms with Crippen LogP contribution in [0.15, 0.2) is 6.20 Å². The fourth-order valence-corrected chi connectivity index (χ4v) is 3.50. The van der Waals surface area contributed by atoms with Crippen LogP contribution in [0.25, 0.3) is 0 Å². The summed E-state index contributed by atoms with van der Waals surface area (Å²) in [5.41, 5.74) is 0.386. The molecule has 1 heterocycles. The highest BCUT2D eigenvalue weighted by atomic mass is 16.3. The van der Waals surface area contributed by atoms with Crippen molar-refractivity contribution in [3.63, 3.8) is 0 Å². The van der Waals surface area contributed by atoms with E-state index in [0.717, 1.165) is 51.4 Å². The van der Waals surface area contributed by atoms with E-state index in [9.17, 15) is 15.5 Å². The average Bonchev–Trinajstić information content (AvgIpc) is 2.59. The molecule has 0 radical (unpaired) electrons. The van der Waals surface area contributed by atoms with E-state index in [4.69, 9.17) is 0 Å². The van der Waals surface area contributed by atoms with Crippen molar-refractivity contribution in [3.8, 4) is 6.07 Å². The number of nitrogens with one attached hydrogen (secondary N) is 2. The van der Waals surface area contributed by atoms with Crippen molar-refractivity contribution in [1.82, 2.24) is 9.97 Å². The molecule has 2 aliphatic carbocycles. The van der Waals surface area contributed by atoms with E-state index in [1.165, 1.54) is 6.20 Å². The van der Waals surface area contributed by atoms with Crippen LogP contribution in [0, 0.1) is 11.3 Å². The Labute approximate surface area is 142 Å². The Bertz CT molecular complexity index is 595. The van der Waals surface area contributed by atoms with Gasteiger partial charge in [0.2, 0.25) is 5.95 Å². The quantitative estimate of drug-likeness (QED) is 0.665. The summed E-state index contributed by atoms with van der Waals surface area (Å²) in [6.07, 6.45) is 8.01. The van der Waals surface area contributed by atoms with Gasteiger partial charge in [-0.3, -0.25) is 0 Å². The molecule has 0 amide bonds. The topological polar surface area (TPSA) is 114 Å². The SMILES string of the molecule is N#Cc1cnc(N[C@H]2CC[C@H](O)CC2)nc1N[C@@H]1CCCC[C@@H]1O. The molecule has 1 aromatic heterocycles. The van der Waals surface area contributed by atoms with Gasteiger partial charge in [-0.1, -0.05) is 12.8 Å². The first-order valence-electron chi connectivity index (χ1n) is 8.82. The smallest absolute Gasteiger partial charge is 0.224 e. The van der Waals surface area contributed by atoms with Gasteiger partial charge in [0.25, 0.3) is 0 Å². The van der Waals surface area contributed by atoms with Crippen LogP contribution < -0.4 is 10.6 Å². The first-order chi connectivity index (χ1) is 11.7. The van der Waals surface area contributed by atoms with Crippen LogP contribution in [0.1, 0.15) is 56.9 Å². The highest BCUT2D eigenvalue weighted by Crippen LogP contribution is 2.25. The molecule has 0 spiro atoms. The van der Waals surface area contributed by atoms with E-state index in [1.54, 1.807) is 0 Å². The number of hydrogen-bond acceptors (Lipinski definition) is 7. The van der Waals surface area contributed by atoms with E-state index < -0.39 is 6.10 Å². The minimum absolute atomic E-state index is 0.0709. The zero-order chi connectivity index (χ0) is 16.9. The molecule has 1 aromatic rings. The molecule has 0 aliphatic heterocycles. The van der Waals surface area contributed by atoms with Crippen molar-refractivity contribution in [2.45, 2.75) is 75.7 Å². The number of nitriles is 1. The standard InChI is InChI=1S/C17H25N5O2/c18-9-11-10-19-17(20-12-5-7-13(23)8-6-12)22-16(11)21-14-3-1-2-4-15(14)24/h10,12-15,23-24H,1-8H2,(H2,19,20,21,22)/t12-,13-,14-,15+/m1/s1. The van der Waals surface area contributed by atoms with Crippen molar-refractivity contribution in [2.75, 3.05) is 10.6 Å². The summed E-state index contributed by atoms with van der Waals surface area (Å²) in [6, 6.07) is 2.28. The predicted octanol–water partition coefficient (Wildman–Crippen LogP) is 1.78. The Hall–Kier alpha value is -1.91. The van der Waals surface area contributed by atoms with Crippen molar-refractivity contribution < 1.29 is 10.2 Å². The summed E-state index contributed by atoms with van der Waals surface area (Å²) < 4.78 is 0. The number of anilines is 2. The average molecular weight is 331 g/mol. The third-order valence-electron chi connectivity index (χ3n) is 4.99. The van der Waals surface area contributed by atoms with Crippen LogP contribution in [0.2, 0.25) is 0 Å². The molecule has 7 heteroatoms. The Morgan fingerprint density at radius 1 is 1.04 bits per heavy atom. The third-order valence-corrected chi connectivity index (χ3v) is 4.99. The van der Waals surface area contributed by atoms with E-state index in [-0.39, 0.29) is 18.2 Å². The van der Waals surface area contributed by atoms with Crippen molar-refractivity contribution in [3.05, 3.63) is 11.8 Å². The van der Waals surface area contributed by atoms with Gasteiger partial charge < -0.3 is 20.8 Å². The lowest BCUT2D eigenvalue weighted by Gasteiger charge is -2.29. The number of aliphatic hydroxyl groups excluding tert-OH is 2. The van der Waals surface area contributed by atoms with Crippen molar-refractivity contribution in [2.24, 2.45) is 0 Å². The second kappa shape index (κ2) is 7.77. The molecule has 0 bridgehead atoms. The van der Waals surface area contributed by atoms with E-state index in [1.807, 2.05) is 0 Å². The van der Waals surface area contributed by atoms with E-state index >= 15 is 0 Å². The molecule has 24 heavy (non-hydrogen) atoms. The van der Waals surface area contributed by atoms with Gasteiger partial charge >= 0.3 is 0 Å². The number of rotatable bonds is 4. The number of aliphatic hydroxyl groups is 2. The molecule has 3 rings (SSSR count). The van der Waals surface area contributed by atoms with Crippen molar-refractivity contribution in [1.29, 1.82) is 5.26 Å². The third kappa shape index (κ3) is 4.13. The molecule has 2 fully saturated rings. The summed E-state index contributed by atoms with van der Waals surface area (Å²) in [6.45, 7) is 0. The summed E-state index contributed by atoms with van der Waals surface area (Å²) in [7, 11) is 0. The Morgan fingerprint density at radius 3 is 2.50 bits per heavy atom. The van der Waals surface area contributed by atoms with Crippen LogP contribution in [0.3, 0.4) is 0 Å².